The molecule has 4 aromatic rings. The second-order valence-electron chi connectivity index (χ2n) is 7.34. The van der Waals surface area contributed by atoms with Crippen molar-refractivity contribution < 1.29 is 13.9 Å². The maximum Gasteiger partial charge on any atom is 0.418 e. The maximum absolute atomic E-state index is 12.5. The van der Waals surface area contributed by atoms with Crippen LogP contribution >= 0.6 is 0 Å². The Hall–Kier alpha value is -3.34. The van der Waals surface area contributed by atoms with E-state index < -0.39 is 11.7 Å². The Morgan fingerprint density at radius 3 is 2.56 bits per heavy atom. The minimum absolute atomic E-state index is 0.405. The van der Waals surface area contributed by atoms with E-state index >= 15 is 0 Å². The third kappa shape index (κ3) is 3.49. The second kappa shape index (κ2) is 6.43. The number of hydrogen-bond acceptors (Lipinski definition) is 4. The van der Waals surface area contributed by atoms with Crippen molar-refractivity contribution in [2.24, 2.45) is 0 Å². The van der Waals surface area contributed by atoms with Crippen molar-refractivity contribution >= 4 is 17.0 Å². The lowest BCUT2D eigenvalue weighted by Gasteiger charge is -2.19. The van der Waals surface area contributed by atoms with Crippen LogP contribution < -0.4 is 0 Å². The van der Waals surface area contributed by atoms with Crippen LogP contribution in [0.5, 0.6) is 0 Å². The number of benzene rings is 2. The van der Waals surface area contributed by atoms with Gasteiger partial charge in [0.2, 0.25) is 5.89 Å². The molecule has 0 radical (unpaired) electrons. The molecule has 0 unspecified atom stereocenters. The number of aromatic nitrogens is 2. The molecule has 2 heterocycles. The summed E-state index contributed by atoms with van der Waals surface area (Å²) in [7, 11) is 0. The number of oxazole rings is 1. The molecule has 0 aliphatic rings. The molecule has 0 fully saturated rings. The van der Waals surface area contributed by atoms with Gasteiger partial charge in [-0.25, -0.2) is 9.78 Å². The highest BCUT2D eigenvalue weighted by Gasteiger charge is 2.19. The van der Waals surface area contributed by atoms with Crippen LogP contribution in [0.25, 0.3) is 33.7 Å². The number of hydrogen-bond donors (Lipinski definition) is 0. The summed E-state index contributed by atoms with van der Waals surface area (Å²) >= 11 is 0. The Balaban J connectivity index is 1.71. The minimum atomic E-state index is -0.555. The average Bonchev–Trinajstić information content (AvgIpc) is 3.28. The first-order chi connectivity index (χ1) is 12.9. The highest BCUT2D eigenvalue weighted by molar-refractivity contribution is 5.92. The predicted octanol–water partition coefficient (Wildman–Crippen LogP) is 5.75. The summed E-state index contributed by atoms with van der Waals surface area (Å²) in [5.41, 5.74) is 1.97. The summed E-state index contributed by atoms with van der Waals surface area (Å²) < 4.78 is 12.9. The van der Waals surface area contributed by atoms with Crippen molar-refractivity contribution in [1.82, 2.24) is 9.55 Å². The Morgan fingerprint density at radius 1 is 1.04 bits per heavy atom. The van der Waals surface area contributed by atoms with Gasteiger partial charge < -0.3 is 9.15 Å². The molecule has 0 amide bonds. The molecule has 0 N–H and O–H groups in total. The van der Waals surface area contributed by atoms with Crippen LogP contribution in [0.15, 0.2) is 71.4 Å². The third-order valence-electron chi connectivity index (χ3n) is 4.09. The standard InChI is InChI=1S/C22H20N2O3/c1-22(2,3)27-21(25)24-12-11-15-9-10-17(13-18(15)24)19-14-23-20(26-19)16-7-5-4-6-8-16/h4-14H,1-3H3. The fourth-order valence-electron chi connectivity index (χ4n) is 2.87. The van der Waals surface area contributed by atoms with Gasteiger partial charge >= 0.3 is 6.09 Å². The van der Waals surface area contributed by atoms with Crippen LogP contribution in [0, 0.1) is 0 Å². The van der Waals surface area contributed by atoms with Crippen LogP contribution in [0.1, 0.15) is 20.8 Å². The van der Waals surface area contributed by atoms with Crippen molar-refractivity contribution in [3.8, 4) is 22.8 Å². The molecule has 0 bridgehead atoms. The molecule has 5 heteroatoms. The lowest BCUT2D eigenvalue weighted by molar-refractivity contribution is 0.0544. The molecule has 0 aliphatic carbocycles. The number of nitrogens with zero attached hydrogens (tertiary/aromatic N) is 2. The summed E-state index contributed by atoms with van der Waals surface area (Å²) in [6.45, 7) is 5.55. The topological polar surface area (TPSA) is 57.3 Å². The van der Waals surface area contributed by atoms with Crippen molar-refractivity contribution in [2.75, 3.05) is 0 Å². The molecule has 0 saturated carbocycles. The molecule has 4 rings (SSSR count). The van der Waals surface area contributed by atoms with E-state index in [4.69, 9.17) is 9.15 Å². The third-order valence-corrected chi connectivity index (χ3v) is 4.09. The number of carbonyl (C=O) groups excluding carboxylic acids is 1. The van der Waals surface area contributed by atoms with Crippen LogP contribution in [0.3, 0.4) is 0 Å². The summed E-state index contributed by atoms with van der Waals surface area (Å²) in [5.74, 6) is 1.21. The van der Waals surface area contributed by atoms with Crippen LogP contribution in [0.4, 0.5) is 4.79 Å². The molecule has 136 valence electrons. The molecule has 5 nitrogen and oxygen atoms in total. The molecule has 2 aromatic carbocycles. The van der Waals surface area contributed by atoms with Gasteiger partial charge in [0.05, 0.1) is 11.7 Å². The zero-order chi connectivity index (χ0) is 19.0. The van der Waals surface area contributed by atoms with Gasteiger partial charge in [-0.15, -0.1) is 0 Å². The molecule has 27 heavy (non-hydrogen) atoms. The van der Waals surface area contributed by atoms with Crippen LogP contribution in [-0.2, 0) is 4.74 Å². The number of rotatable bonds is 2. The van der Waals surface area contributed by atoms with Gasteiger partial charge in [-0.1, -0.05) is 30.3 Å². The number of fused-ring (bicyclic) bond motifs is 1. The predicted molar refractivity (Wildman–Crippen MR) is 105 cm³/mol. The van der Waals surface area contributed by atoms with Crippen LogP contribution in [-0.4, -0.2) is 21.2 Å². The Kier molecular flexibility index (Phi) is 4.07. The van der Waals surface area contributed by atoms with Crippen molar-refractivity contribution in [3.63, 3.8) is 0 Å². The van der Waals surface area contributed by atoms with E-state index in [0.717, 1.165) is 22.0 Å². The number of ether oxygens (including phenoxy) is 1. The highest BCUT2D eigenvalue weighted by atomic mass is 16.6. The smallest absolute Gasteiger partial charge is 0.418 e. The first kappa shape index (κ1) is 17.1. The fraction of sp³-hybridized carbons (Fsp3) is 0.182. The molecule has 0 saturated heterocycles. The van der Waals surface area contributed by atoms with Gasteiger partial charge in [-0.2, -0.15) is 0 Å². The van der Waals surface area contributed by atoms with E-state index in [0.29, 0.717) is 11.7 Å². The molecule has 0 atom stereocenters. The summed E-state index contributed by atoms with van der Waals surface area (Å²) in [4.78, 5) is 16.8. The van der Waals surface area contributed by atoms with Crippen molar-refractivity contribution in [3.05, 3.63) is 67.0 Å². The first-order valence-electron chi connectivity index (χ1n) is 8.77. The Labute approximate surface area is 157 Å². The summed E-state index contributed by atoms with van der Waals surface area (Å²) in [6.07, 6.45) is 3.01. The molecular weight excluding hydrogens is 340 g/mol. The van der Waals surface area contributed by atoms with E-state index in [-0.39, 0.29) is 0 Å². The van der Waals surface area contributed by atoms with Gasteiger partial charge in [0.25, 0.3) is 0 Å². The molecular formula is C22H20N2O3. The second-order valence-corrected chi connectivity index (χ2v) is 7.34. The SMILES string of the molecule is CC(C)(C)OC(=O)n1ccc2ccc(-c3cnc(-c4ccccc4)o3)cc21. The van der Waals surface area contributed by atoms with Gasteiger partial charge in [0, 0.05) is 22.7 Å². The monoisotopic (exact) mass is 360 g/mol. The van der Waals surface area contributed by atoms with Crippen LogP contribution in [0.2, 0.25) is 0 Å². The molecule has 0 aliphatic heterocycles. The van der Waals surface area contributed by atoms with E-state index in [1.807, 2.05) is 75.4 Å². The first-order valence-corrected chi connectivity index (χ1v) is 8.77. The normalized spacial score (nSPS) is 11.7. The van der Waals surface area contributed by atoms with E-state index in [1.165, 1.54) is 4.57 Å². The van der Waals surface area contributed by atoms with Gasteiger partial charge in [-0.05, 0) is 45.0 Å². The maximum atomic E-state index is 12.5. The Morgan fingerprint density at radius 2 is 1.81 bits per heavy atom. The quantitative estimate of drug-likeness (QED) is 0.457. The fourth-order valence-corrected chi connectivity index (χ4v) is 2.87. The number of carbonyl (C=O) groups is 1. The summed E-state index contributed by atoms with van der Waals surface area (Å²) in [5, 5.41) is 0.951. The molecule has 0 spiro atoms. The van der Waals surface area contributed by atoms with Crippen molar-refractivity contribution in [1.29, 1.82) is 0 Å². The van der Waals surface area contributed by atoms with Gasteiger partial charge in [0.1, 0.15) is 5.60 Å². The van der Waals surface area contributed by atoms with Crippen molar-refractivity contribution in [2.45, 2.75) is 26.4 Å². The zero-order valence-electron chi connectivity index (χ0n) is 15.5. The highest BCUT2D eigenvalue weighted by Crippen LogP contribution is 2.29. The van der Waals surface area contributed by atoms with E-state index in [1.54, 1.807) is 12.4 Å². The Bertz CT molecular complexity index is 1100. The average molecular weight is 360 g/mol. The lowest BCUT2D eigenvalue weighted by atomic mass is 10.1. The van der Waals surface area contributed by atoms with Gasteiger partial charge in [0.15, 0.2) is 5.76 Å². The largest absolute Gasteiger partial charge is 0.443 e. The molecule has 2 aromatic heterocycles. The van der Waals surface area contributed by atoms with E-state index in [2.05, 4.69) is 4.98 Å². The lowest BCUT2D eigenvalue weighted by Crippen LogP contribution is -2.26. The zero-order valence-corrected chi connectivity index (χ0v) is 15.5. The van der Waals surface area contributed by atoms with Gasteiger partial charge in [-0.3, -0.25) is 4.57 Å². The van der Waals surface area contributed by atoms with E-state index in [9.17, 15) is 4.79 Å². The summed E-state index contributed by atoms with van der Waals surface area (Å²) in [6, 6.07) is 17.4. The minimum Gasteiger partial charge on any atom is -0.443 e.